The van der Waals surface area contributed by atoms with Crippen LogP contribution in [0.5, 0.6) is 11.5 Å². The third-order valence-electron chi connectivity index (χ3n) is 2.98. The maximum Gasteiger partial charge on any atom is 0.345 e. The Hall–Kier alpha value is -2.11. The van der Waals surface area contributed by atoms with Crippen LogP contribution in [0.2, 0.25) is 5.02 Å². The Morgan fingerprint density at radius 3 is 2.81 bits per heavy atom. The van der Waals surface area contributed by atoms with Crippen molar-refractivity contribution in [2.75, 3.05) is 0 Å². The van der Waals surface area contributed by atoms with Crippen LogP contribution in [0.3, 0.4) is 0 Å². The average molecular weight is 320 g/mol. The highest BCUT2D eigenvalue weighted by Gasteiger charge is 2.13. The van der Waals surface area contributed by atoms with E-state index in [1.165, 1.54) is 11.3 Å². The smallest absolute Gasteiger partial charge is 0.345 e. The van der Waals surface area contributed by atoms with Crippen LogP contribution in [0, 0.1) is 6.92 Å². The first-order valence-electron chi connectivity index (χ1n) is 6.09. The fourth-order valence-corrected chi connectivity index (χ4v) is 3.08. The van der Waals surface area contributed by atoms with E-state index in [-0.39, 0.29) is 4.88 Å². The number of rotatable bonds is 3. The number of fused-ring (bicyclic) bond motifs is 1. The van der Waals surface area contributed by atoms with E-state index in [9.17, 15) is 4.79 Å². The Bertz CT molecular complexity index is 844. The first kappa shape index (κ1) is 13.9. The van der Waals surface area contributed by atoms with Gasteiger partial charge in [-0.3, -0.25) is 4.98 Å². The predicted octanol–water partition coefficient (Wildman–Crippen LogP) is 4.75. The number of pyridine rings is 1. The number of aromatic nitrogens is 1. The lowest BCUT2D eigenvalue weighted by Gasteiger charge is -2.09. The van der Waals surface area contributed by atoms with Crippen LogP contribution < -0.4 is 4.74 Å². The summed E-state index contributed by atoms with van der Waals surface area (Å²) in [6.07, 6.45) is 3.21. The molecule has 0 radical (unpaired) electrons. The van der Waals surface area contributed by atoms with Crippen molar-refractivity contribution in [3.05, 3.63) is 52.1 Å². The summed E-state index contributed by atoms with van der Waals surface area (Å²) >= 11 is 7.10. The maximum absolute atomic E-state index is 11.1. The fourth-order valence-electron chi connectivity index (χ4n) is 1.97. The number of ether oxygens (including phenoxy) is 1. The van der Waals surface area contributed by atoms with Gasteiger partial charge in [0.1, 0.15) is 10.6 Å². The van der Waals surface area contributed by atoms with Crippen LogP contribution in [-0.4, -0.2) is 16.1 Å². The molecule has 1 aromatic carbocycles. The minimum absolute atomic E-state index is 0.260. The molecule has 106 valence electrons. The Kier molecular flexibility index (Phi) is 3.53. The molecule has 21 heavy (non-hydrogen) atoms. The molecule has 0 spiro atoms. The van der Waals surface area contributed by atoms with E-state index >= 15 is 0 Å². The fraction of sp³-hybridized carbons (Fsp3) is 0.0667. The number of benzene rings is 1. The van der Waals surface area contributed by atoms with Gasteiger partial charge < -0.3 is 9.84 Å². The van der Waals surface area contributed by atoms with Gasteiger partial charge in [-0.15, -0.1) is 11.3 Å². The molecule has 0 saturated heterocycles. The molecule has 3 aromatic rings. The largest absolute Gasteiger partial charge is 0.477 e. The molecule has 0 bridgehead atoms. The van der Waals surface area contributed by atoms with Crippen molar-refractivity contribution in [1.29, 1.82) is 0 Å². The topological polar surface area (TPSA) is 59.4 Å². The summed E-state index contributed by atoms with van der Waals surface area (Å²) in [4.78, 5) is 15.4. The standard InChI is InChI=1S/C15H10ClNO3S/c1-8-4-9(16)2-3-11(8)20-12-6-17-7-14-10(12)5-13(21-14)15(18)19/h2-7H,1H3,(H,18,19). The van der Waals surface area contributed by atoms with Crippen molar-refractivity contribution in [3.8, 4) is 11.5 Å². The quantitative estimate of drug-likeness (QED) is 0.757. The van der Waals surface area contributed by atoms with Crippen LogP contribution in [0.25, 0.3) is 10.1 Å². The van der Waals surface area contributed by atoms with E-state index in [1.54, 1.807) is 36.7 Å². The molecular weight excluding hydrogens is 310 g/mol. The summed E-state index contributed by atoms with van der Waals surface area (Å²) in [5.74, 6) is 0.239. The van der Waals surface area contributed by atoms with E-state index in [2.05, 4.69) is 4.98 Å². The first-order valence-corrected chi connectivity index (χ1v) is 7.29. The van der Waals surface area contributed by atoms with Crippen molar-refractivity contribution in [2.24, 2.45) is 0 Å². The summed E-state index contributed by atoms with van der Waals surface area (Å²) in [6, 6.07) is 6.93. The lowest BCUT2D eigenvalue weighted by Crippen LogP contribution is -1.90. The number of carboxylic acid groups (broad SMARTS) is 1. The van der Waals surface area contributed by atoms with Gasteiger partial charge in [0, 0.05) is 16.6 Å². The molecule has 0 saturated carbocycles. The minimum atomic E-state index is -0.954. The third kappa shape index (κ3) is 2.70. The molecule has 0 aliphatic rings. The summed E-state index contributed by atoms with van der Waals surface area (Å²) in [6.45, 7) is 1.89. The average Bonchev–Trinajstić information content (AvgIpc) is 2.87. The second-order valence-electron chi connectivity index (χ2n) is 4.48. The van der Waals surface area contributed by atoms with Crippen molar-refractivity contribution in [2.45, 2.75) is 6.92 Å². The van der Waals surface area contributed by atoms with Gasteiger partial charge in [0.05, 0.1) is 10.9 Å². The second kappa shape index (κ2) is 5.35. The molecule has 0 unspecified atom stereocenters. The Balaban J connectivity index is 2.06. The van der Waals surface area contributed by atoms with Crippen molar-refractivity contribution in [3.63, 3.8) is 0 Å². The molecule has 1 N–H and O–H groups in total. The van der Waals surface area contributed by atoms with Gasteiger partial charge >= 0.3 is 5.97 Å². The summed E-state index contributed by atoms with van der Waals surface area (Å²) in [5, 5.41) is 10.5. The zero-order valence-electron chi connectivity index (χ0n) is 11.0. The Morgan fingerprint density at radius 2 is 2.10 bits per heavy atom. The highest BCUT2D eigenvalue weighted by molar-refractivity contribution is 7.20. The van der Waals surface area contributed by atoms with Gasteiger partial charge in [-0.05, 0) is 36.8 Å². The highest BCUT2D eigenvalue weighted by Crippen LogP contribution is 2.35. The SMILES string of the molecule is Cc1cc(Cl)ccc1Oc1cncc2sc(C(=O)O)cc12. The third-order valence-corrected chi connectivity index (χ3v) is 4.27. The highest BCUT2D eigenvalue weighted by atomic mass is 35.5. The van der Waals surface area contributed by atoms with Crippen LogP contribution in [-0.2, 0) is 0 Å². The van der Waals surface area contributed by atoms with Gasteiger partial charge in [0.15, 0.2) is 5.75 Å². The van der Waals surface area contributed by atoms with E-state index in [1.807, 2.05) is 6.92 Å². The van der Waals surface area contributed by atoms with Gasteiger partial charge in [-0.25, -0.2) is 4.79 Å². The summed E-state index contributed by atoms with van der Waals surface area (Å²) < 4.78 is 6.64. The molecule has 0 aliphatic carbocycles. The zero-order chi connectivity index (χ0) is 15.0. The molecule has 0 atom stereocenters. The number of hydrogen-bond donors (Lipinski definition) is 1. The van der Waals surface area contributed by atoms with Gasteiger partial charge in [-0.1, -0.05) is 11.6 Å². The van der Waals surface area contributed by atoms with Crippen LogP contribution >= 0.6 is 22.9 Å². The Morgan fingerprint density at radius 1 is 1.29 bits per heavy atom. The molecule has 2 aromatic heterocycles. The van der Waals surface area contributed by atoms with E-state index in [4.69, 9.17) is 21.4 Å². The maximum atomic E-state index is 11.1. The minimum Gasteiger partial charge on any atom is -0.477 e. The number of hydrogen-bond acceptors (Lipinski definition) is 4. The Labute approximate surface area is 129 Å². The van der Waals surface area contributed by atoms with E-state index in [0.29, 0.717) is 16.5 Å². The zero-order valence-corrected chi connectivity index (χ0v) is 12.5. The number of aryl methyl sites for hydroxylation is 1. The van der Waals surface area contributed by atoms with Gasteiger partial charge in [0.25, 0.3) is 0 Å². The number of nitrogens with zero attached hydrogens (tertiary/aromatic N) is 1. The molecule has 0 amide bonds. The van der Waals surface area contributed by atoms with E-state index in [0.717, 1.165) is 15.6 Å². The number of thiophene rings is 1. The lowest BCUT2D eigenvalue weighted by atomic mass is 10.2. The molecule has 3 rings (SSSR count). The number of halogens is 1. The van der Waals surface area contributed by atoms with Crippen LogP contribution in [0.4, 0.5) is 0 Å². The monoisotopic (exact) mass is 319 g/mol. The second-order valence-corrected chi connectivity index (χ2v) is 6.00. The van der Waals surface area contributed by atoms with Crippen molar-refractivity contribution >= 4 is 39.0 Å². The molecule has 0 fully saturated rings. The van der Waals surface area contributed by atoms with Crippen molar-refractivity contribution in [1.82, 2.24) is 4.98 Å². The van der Waals surface area contributed by atoms with Gasteiger partial charge in [0.2, 0.25) is 0 Å². The normalized spacial score (nSPS) is 10.8. The number of carboxylic acids is 1. The van der Waals surface area contributed by atoms with Gasteiger partial charge in [-0.2, -0.15) is 0 Å². The summed E-state index contributed by atoms with van der Waals surface area (Å²) in [7, 11) is 0. The molecule has 4 nitrogen and oxygen atoms in total. The molecule has 2 heterocycles. The van der Waals surface area contributed by atoms with E-state index < -0.39 is 5.97 Å². The first-order chi connectivity index (χ1) is 10.0. The number of carbonyl (C=O) groups is 1. The van der Waals surface area contributed by atoms with Crippen molar-refractivity contribution < 1.29 is 14.6 Å². The molecule has 6 heteroatoms. The van der Waals surface area contributed by atoms with Crippen LogP contribution in [0.1, 0.15) is 15.2 Å². The predicted molar refractivity (Wildman–Crippen MR) is 82.8 cm³/mol. The van der Waals surface area contributed by atoms with Crippen LogP contribution in [0.15, 0.2) is 36.7 Å². The summed E-state index contributed by atoms with van der Waals surface area (Å²) in [5.41, 5.74) is 0.896. The molecular formula is C15H10ClNO3S. The number of aromatic carboxylic acids is 1. The lowest BCUT2D eigenvalue weighted by molar-refractivity contribution is 0.0702. The molecule has 0 aliphatic heterocycles.